The summed E-state index contributed by atoms with van der Waals surface area (Å²) >= 11 is 0. The minimum absolute atomic E-state index is 0.210. The molecule has 0 radical (unpaired) electrons. The highest BCUT2D eigenvalue weighted by molar-refractivity contribution is 7.95. The number of rotatable bonds is 3. The Labute approximate surface area is 114 Å². The van der Waals surface area contributed by atoms with Gasteiger partial charge in [-0.15, -0.1) is 0 Å². The summed E-state index contributed by atoms with van der Waals surface area (Å²) in [7, 11) is -2.96. The van der Waals surface area contributed by atoms with Gasteiger partial charge in [0.2, 0.25) is 0 Å². The van der Waals surface area contributed by atoms with Gasteiger partial charge in [0.1, 0.15) is 0 Å². The fourth-order valence-corrected chi connectivity index (χ4v) is 2.71. The molecule has 4 nitrogen and oxygen atoms in total. The predicted octanol–water partition coefficient (Wildman–Crippen LogP) is 2.30. The number of alkyl halides is 3. The highest BCUT2D eigenvalue weighted by atomic mass is 32.2. The number of hydrogen-bond acceptors (Lipinski definition) is 4. The van der Waals surface area contributed by atoms with E-state index in [1.54, 1.807) is 0 Å². The number of hydrogen-bond donors (Lipinski definition) is 0. The zero-order valence-corrected chi connectivity index (χ0v) is 11.6. The Kier molecular flexibility index (Phi) is 4.80. The molecule has 0 heterocycles. The van der Waals surface area contributed by atoms with Crippen LogP contribution in [0.3, 0.4) is 0 Å². The van der Waals surface area contributed by atoms with Crippen LogP contribution in [-0.2, 0) is 19.4 Å². The Morgan fingerprint density at radius 3 is 2.40 bits per heavy atom. The smallest absolute Gasteiger partial charge is 0.416 e. The molecule has 8 heteroatoms. The SMILES string of the molecule is CCS(=O)(=O)C1=CC(C(F)(F)F)=CCC=C1C(=O)OC. The second-order valence-electron chi connectivity index (χ2n) is 3.91. The molecule has 0 atom stereocenters. The third-order valence-electron chi connectivity index (χ3n) is 2.66. The molecule has 0 saturated heterocycles. The average molecular weight is 310 g/mol. The van der Waals surface area contributed by atoms with Gasteiger partial charge in [-0.1, -0.05) is 19.1 Å². The topological polar surface area (TPSA) is 60.4 Å². The fourth-order valence-electron chi connectivity index (χ4n) is 1.59. The van der Waals surface area contributed by atoms with Crippen molar-refractivity contribution >= 4 is 15.8 Å². The highest BCUT2D eigenvalue weighted by Gasteiger charge is 2.36. The summed E-state index contributed by atoms with van der Waals surface area (Å²) in [6, 6.07) is 0. The van der Waals surface area contributed by atoms with Crippen LogP contribution >= 0.6 is 0 Å². The van der Waals surface area contributed by atoms with E-state index in [0.29, 0.717) is 6.08 Å². The molecule has 112 valence electrons. The third-order valence-corrected chi connectivity index (χ3v) is 4.43. The predicted molar refractivity (Wildman–Crippen MR) is 66.4 cm³/mol. The number of sulfone groups is 1. The third kappa shape index (κ3) is 3.50. The monoisotopic (exact) mass is 310 g/mol. The van der Waals surface area contributed by atoms with Gasteiger partial charge in [0, 0.05) is 0 Å². The van der Waals surface area contributed by atoms with Crippen molar-refractivity contribution in [3.63, 3.8) is 0 Å². The maximum Gasteiger partial charge on any atom is 0.416 e. The van der Waals surface area contributed by atoms with E-state index >= 15 is 0 Å². The van der Waals surface area contributed by atoms with Crippen molar-refractivity contribution in [2.75, 3.05) is 12.9 Å². The van der Waals surface area contributed by atoms with Gasteiger partial charge in [0.25, 0.3) is 0 Å². The van der Waals surface area contributed by atoms with E-state index < -0.39 is 38.2 Å². The molecule has 0 aromatic heterocycles. The average Bonchev–Trinajstić information content (AvgIpc) is 2.60. The summed E-state index contributed by atoms with van der Waals surface area (Å²) in [6.45, 7) is 1.28. The first-order chi connectivity index (χ1) is 9.13. The molecule has 1 rings (SSSR count). The van der Waals surface area contributed by atoms with Gasteiger partial charge >= 0.3 is 12.1 Å². The van der Waals surface area contributed by atoms with Gasteiger partial charge in [-0.2, -0.15) is 13.2 Å². The largest absolute Gasteiger partial charge is 0.465 e. The normalized spacial score (nSPS) is 16.8. The van der Waals surface area contributed by atoms with Crippen molar-refractivity contribution in [2.45, 2.75) is 19.5 Å². The van der Waals surface area contributed by atoms with Crippen molar-refractivity contribution in [2.24, 2.45) is 0 Å². The molecule has 1 aliphatic carbocycles. The molecule has 0 bridgehead atoms. The fraction of sp³-hybridized carbons (Fsp3) is 0.417. The Morgan fingerprint density at radius 1 is 1.35 bits per heavy atom. The number of halogens is 3. The summed E-state index contributed by atoms with van der Waals surface area (Å²) in [5.74, 6) is -1.40. The Balaban J connectivity index is 3.48. The van der Waals surface area contributed by atoms with Gasteiger partial charge in [-0.25, -0.2) is 13.2 Å². The molecule has 0 unspecified atom stereocenters. The van der Waals surface area contributed by atoms with E-state index in [1.807, 2.05) is 0 Å². The maximum atomic E-state index is 12.8. The van der Waals surface area contributed by atoms with Crippen LogP contribution in [0.15, 0.2) is 34.3 Å². The molecule has 0 aromatic rings. The first-order valence-electron chi connectivity index (χ1n) is 5.64. The number of carbonyl (C=O) groups excluding carboxylic acids is 1. The molecule has 20 heavy (non-hydrogen) atoms. The van der Waals surface area contributed by atoms with E-state index in [4.69, 9.17) is 0 Å². The number of allylic oxidation sites excluding steroid dienone is 4. The van der Waals surface area contributed by atoms with Crippen LogP contribution in [0, 0.1) is 0 Å². The Hall–Kier alpha value is -1.57. The van der Waals surface area contributed by atoms with E-state index in [-0.39, 0.29) is 12.0 Å². The van der Waals surface area contributed by atoms with Gasteiger partial charge < -0.3 is 4.74 Å². The van der Waals surface area contributed by atoms with Crippen molar-refractivity contribution in [3.05, 3.63) is 34.3 Å². The number of esters is 1. The van der Waals surface area contributed by atoms with Crippen LogP contribution in [0.25, 0.3) is 0 Å². The van der Waals surface area contributed by atoms with Gasteiger partial charge in [-0.05, 0) is 12.5 Å². The lowest BCUT2D eigenvalue weighted by Crippen LogP contribution is -2.17. The summed E-state index contributed by atoms with van der Waals surface area (Å²) in [5.41, 5.74) is -1.47. The van der Waals surface area contributed by atoms with Crippen LogP contribution in [0.5, 0.6) is 0 Å². The van der Waals surface area contributed by atoms with E-state index in [0.717, 1.165) is 19.3 Å². The second kappa shape index (κ2) is 5.82. The second-order valence-corrected chi connectivity index (χ2v) is 6.16. The molecule has 0 amide bonds. The molecule has 0 spiro atoms. The van der Waals surface area contributed by atoms with Crippen LogP contribution in [0.1, 0.15) is 13.3 Å². The number of ether oxygens (including phenoxy) is 1. The van der Waals surface area contributed by atoms with Crippen molar-refractivity contribution in [3.8, 4) is 0 Å². The zero-order valence-electron chi connectivity index (χ0n) is 10.8. The summed E-state index contributed by atoms with van der Waals surface area (Å²) in [4.78, 5) is 10.9. The summed E-state index contributed by atoms with van der Waals surface area (Å²) in [6.07, 6.45) is -2.48. The number of methoxy groups -OCH3 is 1. The standard InChI is InChI=1S/C12H13F3O4S/c1-3-20(17,18)10-7-8(12(13,14)15)5-4-6-9(10)11(16)19-2/h5-7H,3-4H2,1-2H3. The maximum absolute atomic E-state index is 12.8. The zero-order chi connectivity index (χ0) is 15.6. The first kappa shape index (κ1) is 16.5. The van der Waals surface area contributed by atoms with Gasteiger partial charge in [0.05, 0.1) is 28.9 Å². The van der Waals surface area contributed by atoms with Crippen LogP contribution in [0.4, 0.5) is 13.2 Å². The lowest BCUT2D eigenvalue weighted by atomic mass is 10.2. The molecule has 0 fully saturated rings. The van der Waals surface area contributed by atoms with E-state index in [2.05, 4.69) is 4.74 Å². The summed E-state index contributed by atoms with van der Waals surface area (Å²) in [5, 5.41) is 0. The quantitative estimate of drug-likeness (QED) is 0.751. The molecule has 0 saturated carbocycles. The molecular formula is C12H13F3O4S. The molecule has 0 aromatic carbocycles. The highest BCUT2D eigenvalue weighted by Crippen LogP contribution is 2.33. The Morgan fingerprint density at radius 2 is 1.95 bits per heavy atom. The lowest BCUT2D eigenvalue weighted by molar-refractivity contribution is -0.135. The summed E-state index contributed by atoms with van der Waals surface area (Å²) < 4.78 is 66.5. The molecular weight excluding hydrogens is 297 g/mol. The van der Waals surface area contributed by atoms with Gasteiger partial charge in [-0.3, -0.25) is 0 Å². The van der Waals surface area contributed by atoms with Crippen LogP contribution in [0.2, 0.25) is 0 Å². The van der Waals surface area contributed by atoms with Crippen LogP contribution in [-0.4, -0.2) is 33.4 Å². The van der Waals surface area contributed by atoms with E-state index in [1.165, 1.54) is 6.92 Å². The first-order valence-corrected chi connectivity index (χ1v) is 7.29. The minimum Gasteiger partial charge on any atom is -0.465 e. The molecule has 0 aliphatic heterocycles. The van der Waals surface area contributed by atoms with Crippen molar-refractivity contribution in [1.29, 1.82) is 0 Å². The van der Waals surface area contributed by atoms with Crippen molar-refractivity contribution < 1.29 is 31.1 Å². The van der Waals surface area contributed by atoms with Crippen LogP contribution < -0.4 is 0 Å². The van der Waals surface area contributed by atoms with Gasteiger partial charge in [0.15, 0.2) is 9.84 Å². The van der Waals surface area contributed by atoms with Crippen molar-refractivity contribution in [1.82, 2.24) is 0 Å². The molecule has 0 N–H and O–H groups in total. The lowest BCUT2D eigenvalue weighted by Gasteiger charge is -2.11. The minimum atomic E-state index is -4.69. The van der Waals surface area contributed by atoms with E-state index in [9.17, 15) is 26.4 Å². The Bertz CT molecular complexity index is 595. The number of carbonyl (C=O) groups is 1. The molecule has 1 aliphatic rings.